The third-order valence-electron chi connectivity index (χ3n) is 2.29. The lowest BCUT2D eigenvalue weighted by Crippen LogP contribution is -2.52. The maximum atomic E-state index is 9.28. The van der Waals surface area contributed by atoms with Gasteiger partial charge in [0.05, 0.1) is 18.8 Å². The molecule has 0 radical (unpaired) electrons. The van der Waals surface area contributed by atoms with Crippen molar-refractivity contribution in [1.82, 2.24) is 5.32 Å². The van der Waals surface area contributed by atoms with E-state index in [1.807, 2.05) is 0 Å². The highest BCUT2D eigenvalue weighted by molar-refractivity contribution is 4.86. The summed E-state index contributed by atoms with van der Waals surface area (Å²) in [6.45, 7) is 7.96. The minimum absolute atomic E-state index is 0.129. The average Bonchev–Trinajstić information content (AvgIpc) is 2.12. The standard InChI is InChI=1S/C10H23NO2/c1-5-10(7-12,8-13-4)11-6-9(2)3/h9,11-12H,5-8H2,1-4H3. The highest BCUT2D eigenvalue weighted by Gasteiger charge is 2.26. The number of methoxy groups -OCH3 is 1. The molecule has 0 aliphatic carbocycles. The number of nitrogens with one attached hydrogen (secondary N) is 1. The molecule has 0 saturated carbocycles. The Morgan fingerprint density at radius 2 is 2.08 bits per heavy atom. The van der Waals surface area contributed by atoms with Gasteiger partial charge in [0.2, 0.25) is 0 Å². The maximum absolute atomic E-state index is 9.28. The van der Waals surface area contributed by atoms with E-state index in [0.29, 0.717) is 12.5 Å². The summed E-state index contributed by atoms with van der Waals surface area (Å²) in [7, 11) is 1.66. The monoisotopic (exact) mass is 189 g/mol. The molecule has 1 unspecified atom stereocenters. The van der Waals surface area contributed by atoms with Gasteiger partial charge in [0.15, 0.2) is 0 Å². The Labute approximate surface area is 81.5 Å². The number of aliphatic hydroxyl groups excluding tert-OH is 1. The molecule has 3 nitrogen and oxygen atoms in total. The van der Waals surface area contributed by atoms with Crippen LogP contribution < -0.4 is 5.32 Å². The van der Waals surface area contributed by atoms with Gasteiger partial charge in [0, 0.05) is 7.11 Å². The van der Waals surface area contributed by atoms with Crippen LogP contribution in [0, 0.1) is 5.92 Å². The topological polar surface area (TPSA) is 41.5 Å². The molecule has 0 heterocycles. The molecule has 3 heteroatoms. The Balaban J connectivity index is 4.04. The molecule has 0 bridgehead atoms. The fourth-order valence-corrected chi connectivity index (χ4v) is 1.19. The fourth-order valence-electron chi connectivity index (χ4n) is 1.19. The Morgan fingerprint density at radius 3 is 2.38 bits per heavy atom. The summed E-state index contributed by atoms with van der Waals surface area (Å²) in [4.78, 5) is 0. The smallest absolute Gasteiger partial charge is 0.0666 e. The van der Waals surface area contributed by atoms with E-state index in [4.69, 9.17) is 4.74 Å². The predicted molar refractivity (Wildman–Crippen MR) is 54.8 cm³/mol. The summed E-state index contributed by atoms with van der Waals surface area (Å²) in [5.41, 5.74) is -0.251. The minimum atomic E-state index is -0.251. The van der Waals surface area contributed by atoms with Crippen molar-refractivity contribution in [3.05, 3.63) is 0 Å². The Bertz CT molecular complexity index is 122. The van der Waals surface area contributed by atoms with Gasteiger partial charge in [0.1, 0.15) is 0 Å². The Kier molecular flexibility index (Phi) is 6.29. The van der Waals surface area contributed by atoms with E-state index < -0.39 is 0 Å². The number of hydrogen-bond acceptors (Lipinski definition) is 3. The number of aliphatic hydroxyl groups is 1. The Hall–Kier alpha value is -0.120. The largest absolute Gasteiger partial charge is 0.394 e. The summed E-state index contributed by atoms with van der Waals surface area (Å²) >= 11 is 0. The lowest BCUT2D eigenvalue weighted by Gasteiger charge is -2.32. The van der Waals surface area contributed by atoms with E-state index in [9.17, 15) is 5.11 Å². The van der Waals surface area contributed by atoms with Crippen molar-refractivity contribution < 1.29 is 9.84 Å². The summed E-state index contributed by atoms with van der Waals surface area (Å²) in [5.74, 6) is 0.592. The van der Waals surface area contributed by atoms with Crippen molar-refractivity contribution in [3.63, 3.8) is 0 Å². The first-order chi connectivity index (χ1) is 6.10. The number of hydrogen-bond donors (Lipinski definition) is 2. The van der Waals surface area contributed by atoms with Crippen LogP contribution in [-0.4, -0.2) is 37.5 Å². The molecule has 80 valence electrons. The van der Waals surface area contributed by atoms with Crippen LogP contribution in [0.4, 0.5) is 0 Å². The van der Waals surface area contributed by atoms with E-state index in [0.717, 1.165) is 13.0 Å². The van der Waals surface area contributed by atoms with Crippen molar-refractivity contribution in [2.75, 3.05) is 26.9 Å². The highest BCUT2D eigenvalue weighted by Crippen LogP contribution is 2.10. The fraction of sp³-hybridized carbons (Fsp3) is 1.00. The molecule has 0 amide bonds. The van der Waals surface area contributed by atoms with Crippen LogP contribution in [0.1, 0.15) is 27.2 Å². The summed E-state index contributed by atoms with van der Waals surface area (Å²) in [5, 5.41) is 12.6. The van der Waals surface area contributed by atoms with Crippen LogP contribution in [0.2, 0.25) is 0 Å². The highest BCUT2D eigenvalue weighted by atomic mass is 16.5. The van der Waals surface area contributed by atoms with E-state index in [1.165, 1.54) is 0 Å². The van der Waals surface area contributed by atoms with Gasteiger partial charge in [-0.15, -0.1) is 0 Å². The van der Waals surface area contributed by atoms with Gasteiger partial charge in [-0.1, -0.05) is 20.8 Å². The zero-order valence-corrected chi connectivity index (χ0v) is 9.26. The van der Waals surface area contributed by atoms with Crippen molar-refractivity contribution in [1.29, 1.82) is 0 Å². The third kappa shape index (κ3) is 4.60. The molecule has 0 saturated heterocycles. The molecule has 0 aromatic heterocycles. The molecular formula is C10H23NO2. The zero-order chi connectivity index (χ0) is 10.3. The molecule has 0 aromatic carbocycles. The lowest BCUT2D eigenvalue weighted by molar-refractivity contribution is 0.0578. The van der Waals surface area contributed by atoms with Crippen LogP contribution in [-0.2, 0) is 4.74 Å². The summed E-state index contributed by atoms with van der Waals surface area (Å²) in [6.07, 6.45) is 0.879. The van der Waals surface area contributed by atoms with Gasteiger partial charge in [-0.25, -0.2) is 0 Å². The molecule has 0 aromatic rings. The number of ether oxygens (including phenoxy) is 1. The van der Waals surface area contributed by atoms with E-state index in [-0.39, 0.29) is 12.1 Å². The van der Waals surface area contributed by atoms with E-state index in [1.54, 1.807) is 7.11 Å². The van der Waals surface area contributed by atoms with Crippen LogP contribution in [0.5, 0.6) is 0 Å². The first-order valence-corrected chi connectivity index (χ1v) is 4.95. The molecule has 0 rings (SSSR count). The van der Waals surface area contributed by atoms with Gasteiger partial charge >= 0.3 is 0 Å². The van der Waals surface area contributed by atoms with Gasteiger partial charge in [-0.2, -0.15) is 0 Å². The lowest BCUT2D eigenvalue weighted by atomic mass is 9.97. The Morgan fingerprint density at radius 1 is 1.46 bits per heavy atom. The van der Waals surface area contributed by atoms with Gasteiger partial charge in [0.25, 0.3) is 0 Å². The molecule has 0 fully saturated rings. The van der Waals surface area contributed by atoms with Gasteiger partial charge in [-0.05, 0) is 18.9 Å². The predicted octanol–water partition coefficient (Wildman–Crippen LogP) is 1.02. The maximum Gasteiger partial charge on any atom is 0.0666 e. The summed E-state index contributed by atoms with van der Waals surface area (Å²) in [6, 6.07) is 0. The van der Waals surface area contributed by atoms with Crippen LogP contribution in [0.15, 0.2) is 0 Å². The van der Waals surface area contributed by atoms with Crippen molar-refractivity contribution in [2.45, 2.75) is 32.7 Å². The molecular weight excluding hydrogens is 166 g/mol. The van der Waals surface area contributed by atoms with E-state index >= 15 is 0 Å². The first-order valence-electron chi connectivity index (χ1n) is 4.95. The van der Waals surface area contributed by atoms with Crippen LogP contribution >= 0.6 is 0 Å². The normalized spacial score (nSPS) is 16.2. The van der Waals surface area contributed by atoms with Gasteiger partial charge < -0.3 is 15.2 Å². The molecule has 0 aliphatic rings. The van der Waals surface area contributed by atoms with E-state index in [2.05, 4.69) is 26.1 Å². The van der Waals surface area contributed by atoms with Crippen molar-refractivity contribution in [2.24, 2.45) is 5.92 Å². The second kappa shape index (κ2) is 6.35. The quantitative estimate of drug-likeness (QED) is 0.628. The van der Waals surface area contributed by atoms with Gasteiger partial charge in [-0.3, -0.25) is 0 Å². The van der Waals surface area contributed by atoms with Crippen LogP contribution in [0.3, 0.4) is 0 Å². The summed E-state index contributed by atoms with van der Waals surface area (Å²) < 4.78 is 5.10. The zero-order valence-electron chi connectivity index (χ0n) is 9.26. The molecule has 0 spiro atoms. The first kappa shape index (κ1) is 12.9. The minimum Gasteiger partial charge on any atom is -0.394 e. The number of rotatable bonds is 7. The second-order valence-corrected chi connectivity index (χ2v) is 4.00. The van der Waals surface area contributed by atoms with Crippen LogP contribution in [0.25, 0.3) is 0 Å². The molecule has 1 atom stereocenters. The molecule has 13 heavy (non-hydrogen) atoms. The van der Waals surface area contributed by atoms with Crippen molar-refractivity contribution in [3.8, 4) is 0 Å². The second-order valence-electron chi connectivity index (χ2n) is 4.00. The van der Waals surface area contributed by atoms with Crippen molar-refractivity contribution >= 4 is 0 Å². The molecule has 0 aliphatic heterocycles. The average molecular weight is 189 g/mol. The SMILES string of the molecule is CCC(CO)(COC)NCC(C)C. The third-order valence-corrected chi connectivity index (χ3v) is 2.29. The molecule has 2 N–H and O–H groups in total.